The summed E-state index contributed by atoms with van der Waals surface area (Å²) in [6, 6.07) is 0. The second kappa shape index (κ2) is 3.88. The van der Waals surface area contributed by atoms with Gasteiger partial charge in [0.05, 0.1) is 5.84 Å². The van der Waals surface area contributed by atoms with Gasteiger partial charge in [0.25, 0.3) is 0 Å². The van der Waals surface area contributed by atoms with Gasteiger partial charge >= 0.3 is 0 Å². The fourth-order valence-corrected chi connectivity index (χ4v) is 0.297. The minimum absolute atomic E-state index is 0.387. The van der Waals surface area contributed by atoms with Crippen molar-refractivity contribution in [2.45, 2.75) is 6.92 Å². The Bertz CT molecular complexity index is 120. The van der Waals surface area contributed by atoms with Gasteiger partial charge in [0.2, 0.25) is 0 Å². The molecule has 0 saturated heterocycles. The molecular formula is C5H12N4. The molecule has 0 atom stereocenters. The number of aliphatic imine (C=N–C) groups is 2. The van der Waals surface area contributed by atoms with Crippen LogP contribution >= 0.6 is 0 Å². The summed E-state index contributed by atoms with van der Waals surface area (Å²) in [6.07, 6.45) is 0. The molecule has 0 fully saturated rings. The topological polar surface area (TPSA) is 62.8 Å². The molecule has 0 aromatic rings. The van der Waals surface area contributed by atoms with Gasteiger partial charge in [0.1, 0.15) is 0 Å². The van der Waals surface area contributed by atoms with Crippen LogP contribution in [0.2, 0.25) is 0 Å². The molecule has 0 spiro atoms. The molecule has 0 rings (SSSR count). The number of nitrogens with zero attached hydrogens (tertiary/aromatic N) is 2. The maximum Gasteiger partial charge on any atom is 0.193 e. The molecule has 9 heavy (non-hydrogen) atoms. The molecule has 0 aromatic heterocycles. The smallest absolute Gasteiger partial charge is 0.193 e. The molecule has 0 amide bonds. The largest absolute Gasteiger partial charge is 0.370 e. The van der Waals surface area contributed by atoms with Crippen molar-refractivity contribution in [1.29, 1.82) is 0 Å². The molecule has 0 aliphatic carbocycles. The molecule has 4 heteroatoms. The third-order valence-corrected chi connectivity index (χ3v) is 0.885. The zero-order chi connectivity index (χ0) is 7.28. The van der Waals surface area contributed by atoms with Crippen LogP contribution in [0, 0.1) is 0 Å². The minimum atomic E-state index is 0.387. The van der Waals surface area contributed by atoms with E-state index in [0.29, 0.717) is 5.96 Å². The molecule has 0 bridgehead atoms. The third kappa shape index (κ3) is 3.52. The van der Waals surface area contributed by atoms with Crippen molar-refractivity contribution in [2.24, 2.45) is 15.7 Å². The van der Waals surface area contributed by atoms with E-state index in [-0.39, 0.29) is 0 Å². The van der Waals surface area contributed by atoms with Crippen LogP contribution in [0.25, 0.3) is 0 Å². The van der Waals surface area contributed by atoms with Gasteiger partial charge in [-0.05, 0) is 6.92 Å². The Hall–Kier alpha value is -1.06. The van der Waals surface area contributed by atoms with E-state index in [1.807, 2.05) is 6.92 Å². The highest BCUT2D eigenvalue weighted by Gasteiger charge is 1.87. The van der Waals surface area contributed by atoms with Gasteiger partial charge in [-0.15, -0.1) is 0 Å². The van der Waals surface area contributed by atoms with Crippen LogP contribution in [-0.2, 0) is 0 Å². The van der Waals surface area contributed by atoms with Gasteiger partial charge in [-0.2, -0.15) is 0 Å². The Morgan fingerprint density at radius 2 is 1.89 bits per heavy atom. The summed E-state index contributed by atoms with van der Waals surface area (Å²) < 4.78 is 0. The molecule has 0 aliphatic heterocycles. The molecule has 0 heterocycles. The van der Waals surface area contributed by atoms with E-state index < -0.39 is 0 Å². The number of nitrogens with two attached hydrogens (primary N) is 1. The molecule has 0 saturated carbocycles. The first-order chi connectivity index (χ1) is 4.20. The number of nitrogens with one attached hydrogen (secondary N) is 1. The normalized spacial score (nSPS) is 13.7. The summed E-state index contributed by atoms with van der Waals surface area (Å²) in [4.78, 5) is 7.50. The van der Waals surface area contributed by atoms with Gasteiger partial charge in [0.15, 0.2) is 5.96 Å². The molecule has 0 aromatic carbocycles. The maximum absolute atomic E-state index is 5.31. The van der Waals surface area contributed by atoms with Crippen molar-refractivity contribution >= 4 is 11.8 Å². The minimum Gasteiger partial charge on any atom is -0.370 e. The monoisotopic (exact) mass is 128 g/mol. The van der Waals surface area contributed by atoms with Crippen LogP contribution in [0.3, 0.4) is 0 Å². The van der Waals surface area contributed by atoms with Gasteiger partial charge < -0.3 is 11.1 Å². The molecule has 4 nitrogen and oxygen atoms in total. The Kier molecular flexibility index (Phi) is 3.43. The standard InChI is InChI=1S/C5H12N4/c1-4(7-2)9-5(6)8-3/h1-3H3,(H3,6,7,8,9). The van der Waals surface area contributed by atoms with Crippen LogP contribution in [0.5, 0.6) is 0 Å². The van der Waals surface area contributed by atoms with Gasteiger partial charge in [-0.25, -0.2) is 0 Å². The highest BCUT2D eigenvalue weighted by Crippen LogP contribution is 1.66. The first-order valence-electron chi connectivity index (χ1n) is 2.63. The molecule has 52 valence electrons. The Morgan fingerprint density at radius 3 is 2.22 bits per heavy atom. The summed E-state index contributed by atoms with van der Waals surface area (Å²) in [5, 5.41) is 2.76. The average Bonchev–Trinajstić information content (AvgIpc) is 1.87. The zero-order valence-corrected chi connectivity index (χ0v) is 5.97. The third-order valence-electron chi connectivity index (χ3n) is 0.885. The van der Waals surface area contributed by atoms with Crippen molar-refractivity contribution < 1.29 is 0 Å². The average molecular weight is 128 g/mol. The lowest BCUT2D eigenvalue weighted by Crippen LogP contribution is -2.34. The highest BCUT2D eigenvalue weighted by molar-refractivity contribution is 5.97. The Balaban J connectivity index is 3.75. The van der Waals surface area contributed by atoms with E-state index in [4.69, 9.17) is 5.73 Å². The van der Waals surface area contributed by atoms with Crippen molar-refractivity contribution in [3.05, 3.63) is 0 Å². The summed E-state index contributed by atoms with van der Waals surface area (Å²) in [5.41, 5.74) is 5.31. The van der Waals surface area contributed by atoms with Crippen LogP contribution < -0.4 is 11.1 Å². The lowest BCUT2D eigenvalue weighted by Gasteiger charge is -2.00. The van der Waals surface area contributed by atoms with Crippen LogP contribution in [-0.4, -0.2) is 25.9 Å². The number of hydrogen-bond acceptors (Lipinski definition) is 2. The second-order valence-electron chi connectivity index (χ2n) is 1.54. The van der Waals surface area contributed by atoms with E-state index >= 15 is 0 Å². The van der Waals surface area contributed by atoms with E-state index in [2.05, 4.69) is 15.3 Å². The van der Waals surface area contributed by atoms with Gasteiger partial charge in [-0.1, -0.05) is 0 Å². The second-order valence-corrected chi connectivity index (χ2v) is 1.54. The zero-order valence-electron chi connectivity index (χ0n) is 5.97. The lowest BCUT2D eigenvalue weighted by atomic mass is 10.6. The first-order valence-corrected chi connectivity index (χ1v) is 2.63. The van der Waals surface area contributed by atoms with E-state index in [1.165, 1.54) is 0 Å². The lowest BCUT2D eigenvalue weighted by molar-refractivity contribution is 1.21. The summed E-state index contributed by atoms with van der Waals surface area (Å²) in [6.45, 7) is 1.82. The highest BCUT2D eigenvalue weighted by atomic mass is 15.1. The number of rotatable bonds is 0. The van der Waals surface area contributed by atoms with E-state index in [9.17, 15) is 0 Å². The molecule has 0 radical (unpaired) electrons. The molecule has 0 aliphatic rings. The number of amidine groups is 1. The van der Waals surface area contributed by atoms with Crippen molar-refractivity contribution in [2.75, 3.05) is 14.1 Å². The fourth-order valence-electron chi connectivity index (χ4n) is 0.297. The molecular weight excluding hydrogens is 116 g/mol. The fraction of sp³-hybridized carbons (Fsp3) is 0.600. The van der Waals surface area contributed by atoms with Crippen molar-refractivity contribution in [3.8, 4) is 0 Å². The van der Waals surface area contributed by atoms with E-state index in [1.54, 1.807) is 14.1 Å². The van der Waals surface area contributed by atoms with Crippen molar-refractivity contribution in [1.82, 2.24) is 5.32 Å². The molecule has 3 N–H and O–H groups in total. The molecule has 0 unspecified atom stereocenters. The summed E-state index contributed by atoms with van der Waals surface area (Å²) in [7, 11) is 3.30. The number of hydrogen-bond donors (Lipinski definition) is 2. The summed E-state index contributed by atoms with van der Waals surface area (Å²) >= 11 is 0. The number of guanidine groups is 1. The Morgan fingerprint density at radius 1 is 1.33 bits per heavy atom. The predicted molar refractivity (Wildman–Crippen MR) is 39.7 cm³/mol. The first kappa shape index (κ1) is 7.94. The van der Waals surface area contributed by atoms with E-state index in [0.717, 1.165) is 5.84 Å². The maximum atomic E-state index is 5.31. The quantitative estimate of drug-likeness (QED) is 0.343. The predicted octanol–water partition coefficient (Wildman–Crippen LogP) is -0.431. The van der Waals surface area contributed by atoms with Crippen LogP contribution in [0.1, 0.15) is 6.92 Å². The van der Waals surface area contributed by atoms with Gasteiger partial charge in [0, 0.05) is 14.1 Å². The van der Waals surface area contributed by atoms with Crippen molar-refractivity contribution in [3.63, 3.8) is 0 Å². The Labute approximate surface area is 54.9 Å². The summed E-state index contributed by atoms with van der Waals surface area (Å²) in [5.74, 6) is 1.15. The SMILES string of the molecule is C/N=C(/N)N/C(C)=N/C. The van der Waals surface area contributed by atoms with Crippen LogP contribution in [0.4, 0.5) is 0 Å². The van der Waals surface area contributed by atoms with Gasteiger partial charge in [-0.3, -0.25) is 9.98 Å². The van der Waals surface area contributed by atoms with Crippen LogP contribution in [0.15, 0.2) is 9.98 Å².